The molecule has 2 aliphatic heterocycles. The van der Waals surface area contributed by atoms with Crippen LogP contribution in [0.15, 0.2) is 42.5 Å². The number of halogens is 1. The first-order valence-electron chi connectivity index (χ1n) is 11.4. The predicted octanol–water partition coefficient (Wildman–Crippen LogP) is 3.13. The van der Waals surface area contributed by atoms with Gasteiger partial charge < -0.3 is 9.64 Å². The summed E-state index contributed by atoms with van der Waals surface area (Å²) in [5.74, 6) is -0.304. The number of amides is 1. The van der Waals surface area contributed by atoms with Crippen LogP contribution in [0.25, 0.3) is 5.69 Å². The van der Waals surface area contributed by atoms with Crippen molar-refractivity contribution in [3.63, 3.8) is 0 Å². The third-order valence-corrected chi connectivity index (χ3v) is 6.59. The average Bonchev–Trinajstić information content (AvgIpc) is 3.21. The van der Waals surface area contributed by atoms with Gasteiger partial charge in [0.1, 0.15) is 5.82 Å². The maximum absolute atomic E-state index is 13.2. The maximum atomic E-state index is 13.2. The molecule has 7 nitrogen and oxygen atoms in total. The standard InChI is InChI=1S/C25H28FN5O2/c1-17-16-33-13-12-30(17)25(32)24-18(2)31(28-27-24)23-5-3-4-20-15-29(11-10-22(20)23)14-19-6-8-21(26)9-7-19/h3-9,17H,10-16H2,1-2H3/t17-/m1/s1. The number of benzene rings is 2. The van der Waals surface area contributed by atoms with Crippen LogP contribution in [0.5, 0.6) is 0 Å². The van der Waals surface area contributed by atoms with Gasteiger partial charge in [0.15, 0.2) is 5.69 Å². The first-order chi connectivity index (χ1) is 16.0. The number of fused-ring (bicyclic) bond motifs is 1. The molecular weight excluding hydrogens is 421 g/mol. The van der Waals surface area contributed by atoms with Crippen LogP contribution >= 0.6 is 0 Å². The number of hydrogen-bond donors (Lipinski definition) is 0. The lowest BCUT2D eigenvalue weighted by Gasteiger charge is -2.32. The van der Waals surface area contributed by atoms with E-state index in [0.717, 1.165) is 43.0 Å². The van der Waals surface area contributed by atoms with Crippen LogP contribution in [0.4, 0.5) is 4.39 Å². The van der Waals surface area contributed by atoms with Gasteiger partial charge in [0.2, 0.25) is 0 Å². The third-order valence-electron chi connectivity index (χ3n) is 6.59. The molecule has 3 aromatic rings. The van der Waals surface area contributed by atoms with Crippen molar-refractivity contribution in [1.82, 2.24) is 24.8 Å². The highest BCUT2D eigenvalue weighted by Gasteiger charge is 2.29. The molecule has 1 amide bonds. The van der Waals surface area contributed by atoms with Gasteiger partial charge in [-0.1, -0.05) is 29.5 Å². The third kappa shape index (κ3) is 4.28. The Kier molecular flexibility index (Phi) is 5.95. The number of rotatable bonds is 4. The van der Waals surface area contributed by atoms with E-state index in [2.05, 4.69) is 21.3 Å². The van der Waals surface area contributed by atoms with Crippen LogP contribution in [-0.2, 0) is 24.2 Å². The summed E-state index contributed by atoms with van der Waals surface area (Å²) in [6, 6.07) is 12.9. The zero-order valence-electron chi connectivity index (χ0n) is 19.0. The Balaban J connectivity index is 1.37. The molecule has 33 heavy (non-hydrogen) atoms. The topological polar surface area (TPSA) is 63.5 Å². The van der Waals surface area contributed by atoms with Gasteiger partial charge in [-0.05, 0) is 55.2 Å². The van der Waals surface area contributed by atoms with Crippen molar-refractivity contribution < 1.29 is 13.9 Å². The van der Waals surface area contributed by atoms with E-state index >= 15 is 0 Å². The van der Waals surface area contributed by atoms with E-state index in [-0.39, 0.29) is 17.8 Å². The van der Waals surface area contributed by atoms with Gasteiger partial charge >= 0.3 is 0 Å². The van der Waals surface area contributed by atoms with E-state index in [1.807, 2.05) is 43.0 Å². The number of morpholine rings is 1. The predicted molar refractivity (Wildman–Crippen MR) is 122 cm³/mol. The molecule has 5 rings (SSSR count). The molecule has 8 heteroatoms. The fourth-order valence-electron chi connectivity index (χ4n) is 4.75. The molecule has 0 N–H and O–H groups in total. The highest BCUT2D eigenvalue weighted by Crippen LogP contribution is 2.27. The van der Waals surface area contributed by atoms with Crippen LogP contribution in [0.2, 0.25) is 0 Å². The maximum Gasteiger partial charge on any atom is 0.276 e. The minimum Gasteiger partial charge on any atom is -0.377 e. The molecule has 0 spiro atoms. The molecule has 1 aromatic heterocycles. The van der Waals surface area contributed by atoms with Crippen LogP contribution in [0, 0.1) is 12.7 Å². The lowest BCUT2D eigenvalue weighted by atomic mass is 9.97. The summed E-state index contributed by atoms with van der Waals surface area (Å²) in [6.07, 6.45) is 0.871. The molecule has 0 radical (unpaired) electrons. The molecule has 1 saturated heterocycles. The number of carbonyl (C=O) groups is 1. The smallest absolute Gasteiger partial charge is 0.276 e. The average molecular weight is 450 g/mol. The van der Waals surface area contributed by atoms with Crippen LogP contribution in [-0.4, -0.2) is 63.0 Å². The highest BCUT2D eigenvalue weighted by atomic mass is 19.1. The summed E-state index contributed by atoms with van der Waals surface area (Å²) in [6.45, 7) is 8.03. The Morgan fingerprint density at radius 3 is 2.79 bits per heavy atom. The van der Waals surface area contributed by atoms with Gasteiger partial charge in [-0.15, -0.1) is 5.10 Å². The molecule has 1 atom stereocenters. The van der Waals surface area contributed by atoms with E-state index in [1.54, 1.807) is 4.68 Å². The molecule has 172 valence electrons. The van der Waals surface area contributed by atoms with Crippen molar-refractivity contribution in [2.75, 3.05) is 26.3 Å². The van der Waals surface area contributed by atoms with Gasteiger partial charge in [0, 0.05) is 26.2 Å². The fraction of sp³-hybridized carbons (Fsp3) is 0.400. The Labute approximate surface area is 192 Å². The lowest BCUT2D eigenvalue weighted by molar-refractivity contribution is 0.00322. The second kappa shape index (κ2) is 9.03. The fourth-order valence-corrected chi connectivity index (χ4v) is 4.75. The summed E-state index contributed by atoms with van der Waals surface area (Å²) in [5, 5.41) is 8.64. The summed E-state index contributed by atoms with van der Waals surface area (Å²) in [7, 11) is 0. The number of hydrogen-bond acceptors (Lipinski definition) is 5. The lowest BCUT2D eigenvalue weighted by Crippen LogP contribution is -2.47. The van der Waals surface area contributed by atoms with Gasteiger partial charge in [-0.3, -0.25) is 9.69 Å². The van der Waals surface area contributed by atoms with Crippen LogP contribution < -0.4 is 0 Å². The Morgan fingerprint density at radius 1 is 1.18 bits per heavy atom. The quantitative estimate of drug-likeness (QED) is 0.612. The molecule has 3 heterocycles. The Bertz CT molecular complexity index is 1160. The minimum atomic E-state index is -0.212. The molecule has 0 saturated carbocycles. The van der Waals surface area contributed by atoms with Crippen molar-refractivity contribution in [2.24, 2.45) is 0 Å². The summed E-state index contributed by atoms with van der Waals surface area (Å²) in [4.78, 5) is 17.3. The Morgan fingerprint density at radius 2 is 2.00 bits per heavy atom. The Hall–Kier alpha value is -3.10. The zero-order chi connectivity index (χ0) is 22.9. The molecule has 0 unspecified atom stereocenters. The summed E-state index contributed by atoms with van der Waals surface area (Å²) < 4.78 is 20.5. The molecule has 1 fully saturated rings. The van der Waals surface area contributed by atoms with E-state index in [0.29, 0.717) is 25.5 Å². The largest absolute Gasteiger partial charge is 0.377 e. The van der Waals surface area contributed by atoms with Gasteiger partial charge in [-0.2, -0.15) is 0 Å². The van der Waals surface area contributed by atoms with Crippen molar-refractivity contribution in [2.45, 2.75) is 39.4 Å². The first kappa shape index (κ1) is 21.7. The minimum absolute atomic E-state index is 0.0207. The number of carbonyl (C=O) groups excluding carboxylic acids is 1. The van der Waals surface area contributed by atoms with Crippen molar-refractivity contribution in [3.05, 3.63) is 76.4 Å². The SMILES string of the molecule is Cc1c(C(=O)N2CCOC[C@H]2C)nnn1-c1cccc2c1CCN(Cc1ccc(F)cc1)C2. The van der Waals surface area contributed by atoms with Gasteiger partial charge in [-0.25, -0.2) is 9.07 Å². The second-order valence-electron chi connectivity index (χ2n) is 8.86. The number of nitrogens with zero attached hydrogens (tertiary/aromatic N) is 5. The van der Waals surface area contributed by atoms with E-state index in [4.69, 9.17) is 4.74 Å². The molecule has 0 bridgehead atoms. The zero-order valence-corrected chi connectivity index (χ0v) is 19.0. The van der Waals surface area contributed by atoms with Crippen LogP contribution in [0.3, 0.4) is 0 Å². The highest BCUT2D eigenvalue weighted by molar-refractivity contribution is 5.93. The second-order valence-corrected chi connectivity index (χ2v) is 8.86. The van der Waals surface area contributed by atoms with Gasteiger partial charge in [0.05, 0.1) is 30.6 Å². The van der Waals surface area contributed by atoms with E-state index in [9.17, 15) is 9.18 Å². The normalized spacial score (nSPS) is 18.9. The van der Waals surface area contributed by atoms with Gasteiger partial charge in [0.25, 0.3) is 5.91 Å². The first-order valence-corrected chi connectivity index (χ1v) is 11.4. The molecular formula is C25H28FN5O2. The molecule has 2 aliphatic rings. The van der Waals surface area contributed by atoms with Crippen molar-refractivity contribution in [1.29, 1.82) is 0 Å². The molecule has 0 aliphatic carbocycles. The monoisotopic (exact) mass is 449 g/mol. The number of ether oxygens (including phenoxy) is 1. The van der Waals surface area contributed by atoms with Crippen molar-refractivity contribution >= 4 is 5.91 Å². The van der Waals surface area contributed by atoms with E-state index < -0.39 is 0 Å². The van der Waals surface area contributed by atoms with Crippen molar-refractivity contribution in [3.8, 4) is 5.69 Å². The number of aromatic nitrogens is 3. The summed E-state index contributed by atoms with van der Waals surface area (Å²) >= 11 is 0. The van der Waals surface area contributed by atoms with E-state index in [1.165, 1.54) is 23.3 Å². The summed E-state index contributed by atoms with van der Waals surface area (Å²) in [5.41, 5.74) is 5.71. The van der Waals surface area contributed by atoms with Crippen LogP contribution in [0.1, 0.15) is 39.8 Å². The molecule has 2 aromatic carbocycles.